The number of methoxy groups -OCH3 is 2. The summed E-state index contributed by atoms with van der Waals surface area (Å²) in [7, 11) is 3.34. The van der Waals surface area contributed by atoms with Crippen molar-refractivity contribution in [2.75, 3.05) is 14.2 Å². The third-order valence-corrected chi connectivity index (χ3v) is 8.42. The summed E-state index contributed by atoms with van der Waals surface area (Å²) in [6.07, 6.45) is 2.53. The largest absolute Gasteiger partial charge is 0.508 e. The van der Waals surface area contributed by atoms with Crippen molar-refractivity contribution < 1.29 is 19.3 Å². The monoisotopic (exact) mass is 536 g/mol. The van der Waals surface area contributed by atoms with E-state index in [1.807, 2.05) is 36.4 Å². The average Bonchev–Trinajstić information content (AvgIpc) is 3.20. The maximum Gasteiger partial charge on any atom is 0.127 e. The maximum absolute atomic E-state index is 11.0. The molecule has 0 amide bonds. The van der Waals surface area contributed by atoms with Crippen molar-refractivity contribution in [2.45, 2.75) is 58.5 Å². The minimum absolute atomic E-state index is 0.00475. The Morgan fingerprint density at radius 3 is 1.95 bits per heavy atom. The van der Waals surface area contributed by atoms with Gasteiger partial charge in [-0.1, -0.05) is 88.4 Å². The Bertz CT molecular complexity index is 1470. The van der Waals surface area contributed by atoms with Gasteiger partial charge in [-0.15, -0.1) is 0 Å². The number of ether oxygens (including phenoxy) is 3. The predicted octanol–water partition coefficient (Wildman–Crippen LogP) is 8.83. The molecule has 0 aromatic heterocycles. The lowest BCUT2D eigenvalue weighted by molar-refractivity contribution is 0.102. The van der Waals surface area contributed by atoms with Crippen LogP contribution in [-0.2, 0) is 11.8 Å². The number of hydrogen-bond acceptors (Lipinski definition) is 4. The Balaban J connectivity index is 1.41. The van der Waals surface area contributed by atoms with Gasteiger partial charge in [-0.3, -0.25) is 0 Å². The molecule has 4 aromatic rings. The van der Waals surface area contributed by atoms with Crippen LogP contribution in [0.1, 0.15) is 51.7 Å². The smallest absolute Gasteiger partial charge is 0.127 e. The van der Waals surface area contributed by atoms with E-state index in [0.717, 1.165) is 58.6 Å². The number of benzene rings is 4. The standard InChI is InChI=1S/C36H40O4/c1-35(2,18-17-28-29(24-13-9-7-10-14-24)19-26(38-5)21-31(28)37)23-33-36(3,4)34-30(25-15-11-8-12-16-25)20-27(39-6)22-32(34)40-33/h7-16,19-22,33,37H,17-18,23H2,1-6H3. The molecule has 0 saturated heterocycles. The molecule has 1 N–H and O–H groups in total. The number of phenolic OH excluding ortho intramolecular Hbond substituents is 1. The second kappa shape index (κ2) is 10.9. The molecule has 4 heteroatoms. The fourth-order valence-electron chi connectivity index (χ4n) is 6.02. The molecule has 4 aromatic carbocycles. The van der Waals surface area contributed by atoms with Gasteiger partial charge in [-0.2, -0.15) is 0 Å². The number of rotatable bonds is 9. The van der Waals surface area contributed by atoms with E-state index < -0.39 is 0 Å². The SMILES string of the molecule is COc1cc(O)c(CCC(C)(C)CC2Oc3cc(OC)cc(-c4ccccc4)c3C2(C)C)c(-c2ccccc2)c1. The van der Waals surface area contributed by atoms with Crippen LogP contribution < -0.4 is 14.2 Å². The molecule has 0 bridgehead atoms. The van der Waals surface area contributed by atoms with Crippen LogP contribution in [-0.4, -0.2) is 25.4 Å². The fraction of sp³-hybridized carbons (Fsp3) is 0.333. The summed E-state index contributed by atoms with van der Waals surface area (Å²) in [6.45, 7) is 9.19. The lowest BCUT2D eigenvalue weighted by Gasteiger charge is -2.34. The van der Waals surface area contributed by atoms with E-state index in [9.17, 15) is 5.11 Å². The van der Waals surface area contributed by atoms with Gasteiger partial charge in [-0.25, -0.2) is 0 Å². The summed E-state index contributed by atoms with van der Waals surface area (Å²) in [5.74, 6) is 2.64. The van der Waals surface area contributed by atoms with Crippen LogP contribution >= 0.6 is 0 Å². The number of fused-ring (bicyclic) bond motifs is 1. The first-order valence-electron chi connectivity index (χ1n) is 14.0. The minimum atomic E-state index is -0.193. The van der Waals surface area contributed by atoms with Gasteiger partial charge in [0.25, 0.3) is 0 Å². The van der Waals surface area contributed by atoms with Crippen molar-refractivity contribution in [2.24, 2.45) is 5.41 Å². The Morgan fingerprint density at radius 1 is 0.800 bits per heavy atom. The number of phenols is 1. The molecular weight excluding hydrogens is 496 g/mol. The Kier molecular flexibility index (Phi) is 7.55. The number of hydrogen-bond donors (Lipinski definition) is 1. The Morgan fingerprint density at radius 2 is 1.35 bits per heavy atom. The normalized spacial score (nSPS) is 15.8. The quantitative estimate of drug-likeness (QED) is 0.232. The van der Waals surface area contributed by atoms with Crippen molar-refractivity contribution in [1.29, 1.82) is 0 Å². The lowest BCUT2D eigenvalue weighted by Crippen LogP contribution is -2.36. The van der Waals surface area contributed by atoms with E-state index in [0.29, 0.717) is 5.75 Å². The Labute approximate surface area is 238 Å². The van der Waals surface area contributed by atoms with Crippen LogP contribution in [0.25, 0.3) is 22.3 Å². The molecule has 1 aliphatic heterocycles. The Hall–Kier alpha value is -3.92. The molecule has 0 radical (unpaired) electrons. The van der Waals surface area contributed by atoms with Crippen molar-refractivity contribution in [3.8, 4) is 45.3 Å². The first-order valence-corrected chi connectivity index (χ1v) is 14.0. The molecule has 1 unspecified atom stereocenters. The second-order valence-electron chi connectivity index (χ2n) is 12.1. The maximum atomic E-state index is 11.0. The molecule has 0 saturated carbocycles. The van der Waals surface area contributed by atoms with Crippen molar-refractivity contribution in [1.82, 2.24) is 0 Å². The summed E-state index contributed by atoms with van der Waals surface area (Å²) in [5, 5.41) is 11.0. The van der Waals surface area contributed by atoms with E-state index in [2.05, 4.69) is 70.2 Å². The van der Waals surface area contributed by atoms with Crippen molar-refractivity contribution in [3.05, 3.63) is 96.1 Å². The molecule has 0 spiro atoms. The minimum Gasteiger partial charge on any atom is -0.508 e. The zero-order valence-corrected chi connectivity index (χ0v) is 24.5. The van der Waals surface area contributed by atoms with E-state index in [1.165, 1.54) is 5.56 Å². The molecule has 208 valence electrons. The van der Waals surface area contributed by atoms with E-state index in [1.54, 1.807) is 20.3 Å². The van der Waals surface area contributed by atoms with Crippen LogP contribution in [0.3, 0.4) is 0 Å². The van der Waals surface area contributed by atoms with Crippen LogP contribution in [0, 0.1) is 5.41 Å². The second-order valence-corrected chi connectivity index (χ2v) is 12.1. The van der Waals surface area contributed by atoms with Crippen LogP contribution in [0.2, 0.25) is 0 Å². The van der Waals surface area contributed by atoms with Crippen molar-refractivity contribution >= 4 is 0 Å². The highest BCUT2D eigenvalue weighted by Gasteiger charge is 2.45. The molecule has 40 heavy (non-hydrogen) atoms. The predicted molar refractivity (Wildman–Crippen MR) is 163 cm³/mol. The molecule has 0 aliphatic carbocycles. The van der Waals surface area contributed by atoms with E-state index in [-0.39, 0.29) is 22.7 Å². The third kappa shape index (κ3) is 5.40. The zero-order valence-electron chi connectivity index (χ0n) is 24.5. The molecule has 1 atom stereocenters. The van der Waals surface area contributed by atoms with Gasteiger partial charge < -0.3 is 19.3 Å². The highest BCUT2D eigenvalue weighted by atomic mass is 16.5. The molecule has 5 rings (SSSR count). The summed E-state index contributed by atoms with van der Waals surface area (Å²) in [4.78, 5) is 0. The highest BCUT2D eigenvalue weighted by Crippen LogP contribution is 2.52. The summed E-state index contributed by atoms with van der Waals surface area (Å²) in [5.41, 5.74) is 6.36. The molecule has 0 fully saturated rings. The van der Waals surface area contributed by atoms with Gasteiger partial charge in [0.1, 0.15) is 29.1 Å². The zero-order chi connectivity index (χ0) is 28.5. The first-order chi connectivity index (χ1) is 19.1. The number of aromatic hydroxyl groups is 1. The van der Waals surface area contributed by atoms with Gasteiger partial charge in [0.05, 0.1) is 14.2 Å². The van der Waals surface area contributed by atoms with Crippen molar-refractivity contribution in [3.63, 3.8) is 0 Å². The van der Waals surface area contributed by atoms with Crippen LogP contribution in [0.5, 0.6) is 23.0 Å². The summed E-state index contributed by atoms with van der Waals surface area (Å²) >= 11 is 0. The summed E-state index contributed by atoms with van der Waals surface area (Å²) < 4.78 is 17.8. The van der Waals surface area contributed by atoms with Crippen LogP contribution in [0.4, 0.5) is 0 Å². The van der Waals surface area contributed by atoms with Gasteiger partial charge in [0.15, 0.2) is 0 Å². The third-order valence-electron chi connectivity index (χ3n) is 8.42. The fourth-order valence-corrected chi connectivity index (χ4v) is 6.02. The molecule has 4 nitrogen and oxygen atoms in total. The summed E-state index contributed by atoms with van der Waals surface area (Å²) in [6, 6.07) is 28.6. The highest BCUT2D eigenvalue weighted by molar-refractivity contribution is 5.75. The molecule has 1 heterocycles. The average molecular weight is 537 g/mol. The molecule has 1 aliphatic rings. The lowest BCUT2D eigenvalue weighted by atomic mass is 9.71. The van der Waals surface area contributed by atoms with Gasteiger partial charge >= 0.3 is 0 Å². The van der Waals surface area contributed by atoms with Crippen LogP contribution in [0.15, 0.2) is 84.9 Å². The topological polar surface area (TPSA) is 47.9 Å². The van der Waals surface area contributed by atoms with E-state index in [4.69, 9.17) is 14.2 Å². The van der Waals surface area contributed by atoms with E-state index >= 15 is 0 Å². The van der Waals surface area contributed by atoms with Gasteiger partial charge in [0.2, 0.25) is 0 Å². The van der Waals surface area contributed by atoms with Gasteiger partial charge in [0, 0.05) is 28.7 Å². The molecular formula is C36H40O4. The van der Waals surface area contributed by atoms with Gasteiger partial charge in [-0.05, 0) is 59.1 Å². The first kappa shape index (κ1) is 27.6.